The Hall–Kier alpha value is -1.48. The molecule has 0 aliphatic carbocycles. The Morgan fingerprint density at radius 1 is 1.17 bits per heavy atom. The summed E-state index contributed by atoms with van der Waals surface area (Å²) in [5.41, 5.74) is 1.29. The van der Waals surface area contributed by atoms with Crippen molar-refractivity contribution in [2.24, 2.45) is 0 Å². The van der Waals surface area contributed by atoms with E-state index in [1.54, 1.807) is 4.57 Å². The zero-order chi connectivity index (χ0) is 17.0. The Kier molecular flexibility index (Phi) is 5.74. The van der Waals surface area contributed by atoms with Crippen LogP contribution in [0.25, 0.3) is 10.9 Å². The van der Waals surface area contributed by atoms with Crippen molar-refractivity contribution in [2.45, 2.75) is 65.4 Å². The van der Waals surface area contributed by atoms with Crippen LogP contribution in [0.2, 0.25) is 5.02 Å². The number of rotatable bonds is 5. The molecule has 0 spiro atoms. The first-order valence-corrected chi connectivity index (χ1v) is 8.73. The summed E-state index contributed by atoms with van der Waals surface area (Å²) in [5.74, 6) is 0. The van der Waals surface area contributed by atoms with Gasteiger partial charge in [-0.05, 0) is 51.8 Å². The van der Waals surface area contributed by atoms with Crippen LogP contribution < -0.4 is 0 Å². The van der Waals surface area contributed by atoms with Crippen molar-refractivity contribution < 1.29 is 9.53 Å². The lowest BCUT2D eigenvalue weighted by molar-refractivity contribution is 0.0540. The van der Waals surface area contributed by atoms with Gasteiger partial charge >= 0.3 is 6.09 Å². The maximum Gasteiger partial charge on any atom is 0.419 e. The average Bonchev–Trinajstić information content (AvgIpc) is 2.79. The maximum atomic E-state index is 12.7. The zero-order valence-electron chi connectivity index (χ0n) is 14.5. The van der Waals surface area contributed by atoms with Gasteiger partial charge in [0.05, 0.1) is 5.52 Å². The lowest BCUT2D eigenvalue weighted by Gasteiger charge is -2.21. The third kappa shape index (κ3) is 4.74. The van der Waals surface area contributed by atoms with E-state index >= 15 is 0 Å². The predicted octanol–water partition coefficient (Wildman–Crippen LogP) is 6.20. The van der Waals surface area contributed by atoms with E-state index in [0.29, 0.717) is 5.02 Å². The van der Waals surface area contributed by atoms with Crippen LogP contribution in [0.15, 0.2) is 24.3 Å². The molecule has 1 aromatic heterocycles. The Labute approximate surface area is 143 Å². The molecule has 0 bridgehead atoms. The van der Waals surface area contributed by atoms with E-state index in [-0.39, 0.29) is 6.09 Å². The number of halogens is 1. The molecule has 0 saturated heterocycles. The molecular weight excluding hydrogens is 310 g/mol. The van der Waals surface area contributed by atoms with Crippen molar-refractivity contribution in [3.63, 3.8) is 0 Å². The summed E-state index contributed by atoms with van der Waals surface area (Å²) in [6, 6.07) is 7.70. The van der Waals surface area contributed by atoms with E-state index in [1.807, 2.05) is 39.0 Å². The van der Waals surface area contributed by atoms with Crippen molar-refractivity contribution in [3.05, 3.63) is 35.0 Å². The summed E-state index contributed by atoms with van der Waals surface area (Å²) in [6.45, 7) is 7.83. The van der Waals surface area contributed by atoms with E-state index in [0.717, 1.165) is 29.4 Å². The number of aromatic nitrogens is 1. The molecule has 1 heterocycles. The Morgan fingerprint density at radius 2 is 1.91 bits per heavy atom. The Balaban J connectivity index is 2.36. The van der Waals surface area contributed by atoms with Gasteiger partial charge in [0, 0.05) is 16.1 Å². The molecule has 0 atom stereocenters. The number of carbonyl (C=O) groups is 1. The van der Waals surface area contributed by atoms with Crippen molar-refractivity contribution in [3.8, 4) is 0 Å². The van der Waals surface area contributed by atoms with Gasteiger partial charge in [-0.3, -0.25) is 0 Å². The second kappa shape index (κ2) is 7.39. The van der Waals surface area contributed by atoms with Crippen LogP contribution in [0.5, 0.6) is 0 Å². The molecule has 0 saturated carbocycles. The molecule has 0 unspecified atom stereocenters. The van der Waals surface area contributed by atoms with Gasteiger partial charge < -0.3 is 4.74 Å². The highest BCUT2D eigenvalue weighted by Gasteiger charge is 2.22. The second-order valence-corrected chi connectivity index (χ2v) is 7.40. The lowest BCUT2D eigenvalue weighted by atomic mass is 10.1. The van der Waals surface area contributed by atoms with Crippen LogP contribution in [0.1, 0.15) is 59.1 Å². The van der Waals surface area contributed by atoms with Crippen molar-refractivity contribution in [2.75, 3.05) is 0 Å². The first-order chi connectivity index (χ1) is 10.8. The number of fused-ring (bicyclic) bond motifs is 1. The quantitative estimate of drug-likeness (QED) is 0.609. The average molecular weight is 336 g/mol. The van der Waals surface area contributed by atoms with Gasteiger partial charge in [0.25, 0.3) is 0 Å². The van der Waals surface area contributed by atoms with E-state index in [9.17, 15) is 4.79 Å². The largest absolute Gasteiger partial charge is 0.443 e. The highest BCUT2D eigenvalue weighted by Crippen LogP contribution is 2.26. The van der Waals surface area contributed by atoms with Gasteiger partial charge in [-0.15, -0.1) is 0 Å². The first kappa shape index (κ1) is 17.9. The molecular formula is C19H26ClNO2. The first-order valence-electron chi connectivity index (χ1n) is 8.35. The minimum atomic E-state index is -0.522. The van der Waals surface area contributed by atoms with Gasteiger partial charge in [-0.2, -0.15) is 0 Å². The molecule has 0 radical (unpaired) electrons. The minimum absolute atomic E-state index is 0.333. The minimum Gasteiger partial charge on any atom is -0.443 e. The van der Waals surface area contributed by atoms with E-state index in [1.165, 1.54) is 19.3 Å². The molecule has 0 amide bonds. The molecule has 0 fully saturated rings. The summed E-state index contributed by atoms with van der Waals surface area (Å²) in [4.78, 5) is 12.7. The van der Waals surface area contributed by atoms with Gasteiger partial charge in [-0.1, -0.05) is 43.9 Å². The molecule has 0 aliphatic heterocycles. The van der Waals surface area contributed by atoms with Crippen LogP contribution in [-0.4, -0.2) is 16.3 Å². The molecule has 23 heavy (non-hydrogen) atoms. The SMILES string of the molecule is CCCCCCc1cc2ccc(Cl)cc2n1C(=O)OC(C)(C)C. The summed E-state index contributed by atoms with van der Waals surface area (Å²) >= 11 is 6.12. The van der Waals surface area contributed by atoms with Crippen LogP contribution in [0, 0.1) is 0 Å². The highest BCUT2D eigenvalue weighted by molar-refractivity contribution is 6.31. The fourth-order valence-electron chi connectivity index (χ4n) is 2.67. The fourth-order valence-corrected chi connectivity index (χ4v) is 2.84. The normalized spacial score (nSPS) is 11.9. The molecule has 2 rings (SSSR count). The maximum absolute atomic E-state index is 12.7. The summed E-state index contributed by atoms with van der Waals surface area (Å²) < 4.78 is 7.26. The zero-order valence-corrected chi connectivity index (χ0v) is 15.2. The standard InChI is InChI=1S/C19H26ClNO2/c1-5-6-7-8-9-16-12-14-10-11-15(20)13-17(14)21(16)18(22)23-19(2,3)4/h10-13H,5-9H2,1-4H3. The third-order valence-corrected chi connectivity index (χ3v) is 3.94. The van der Waals surface area contributed by atoms with Crippen LogP contribution in [0.3, 0.4) is 0 Å². The fraction of sp³-hybridized carbons (Fsp3) is 0.526. The number of aryl methyl sites for hydroxylation is 1. The van der Waals surface area contributed by atoms with Crippen molar-refractivity contribution in [1.29, 1.82) is 0 Å². The van der Waals surface area contributed by atoms with E-state index in [2.05, 4.69) is 13.0 Å². The van der Waals surface area contributed by atoms with Crippen LogP contribution in [-0.2, 0) is 11.2 Å². The smallest absolute Gasteiger partial charge is 0.419 e. The van der Waals surface area contributed by atoms with E-state index in [4.69, 9.17) is 16.3 Å². The number of benzene rings is 1. The number of unbranched alkanes of at least 4 members (excludes halogenated alkanes) is 3. The molecule has 0 aliphatic rings. The number of hydrogen-bond donors (Lipinski definition) is 0. The Morgan fingerprint density at radius 3 is 2.57 bits per heavy atom. The molecule has 3 nitrogen and oxygen atoms in total. The van der Waals surface area contributed by atoms with Crippen molar-refractivity contribution in [1.82, 2.24) is 4.57 Å². The number of ether oxygens (including phenoxy) is 1. The summed E-state index contributed by atoms with van der Waals surface area (Å²) in [5, 5.41) is 1.64. The number of nitrogens with zero attached hydrogens (tertiary/aromatic N) is 1. The topological polar surface area (TPSA) is 31.2 Å². The van der Waals surface area contributed by atoms with E-state index < -0.39 is 5.60 Å². The number of carbonyl (C=O) groups excluding carboxylic acids is 1. The summed E-state index contributed by atoms with van der Waals surface area (Å²) in [7, 11) is 0. The number of hydrogen-bond acceptors (Lipinski definition) is 2. The van der Waals surface area contributed by atoms with Gasteiger partial charge in [0.1, 0.15) is 5.60 Å². The van der Waals surface area contributed by atoms with Crippen LogP contribution in [0.4, 0.5) is 4.79 Å². The van der Waals surface area contributed by atoms with Gasteiger partial charge in [-0.25, -0.2) is 9.36 Å². The van der Waals surface area contributed by atoms with Gasteiger partial charge in [0.15, 0.2) is 0 Å². The molecule has 126 valence electrons. The van der Waals surface area contributed by atoms with Crippen molar-refractivity contribution >= 4 is 28.6 Å². The molecule has 1 aromatic carbocycles. The molecule has 4 heteroatoms. The highest BCUT2D eigenvalue weighted by atomic mass is 35.5. The van der Waals surface area contributed by atoms with Crippen LogP contribution >= 0.6 is 11.6 Å². The van der Waals surface area contributed by atoms with Gasteiger partial charge in [0.2, 0.25) is 0 Å². The monoisotopic (exact) mass is 335 g/mol. The molecule has 2 aromatic rings. The molecule has 0 N–H and O–H groups in total. The lowest BCUT2D eigenvalue weighted by Crippen LogP contribution is -2.28. The predicted molar refractivity (Wildman–Crippen MR) is 96.4 cm³/mol. The second-order valence-electron chi connectivity index (χ2n) is 6.97. The Bertz CT molecular complexity index is 682. The summed E-state index contributed by atoms with van der Waals surface area (Å²) in [6.07, 6.45) is 5.20. The third-order valence-electron chi connectivity index (χ3n) is 3.71.